The fraction of sp³-hybridized carbons (Fsp3) is 0.167. The number of alkyl halides is 6. The molecule has 2 aromatic carbocycles. The van der Waals surface area contributed by atoms with E-state index in [4.69, 9.17) is 40.5 Å². The molecule has 0 spiro atoms. The maximum Gasteiger partial charge on any atom is 0.417 e. The zero-order valence-electron chi connectivity index (χ0n) is 14.3. The number of nitrogens with two attached hydrogens (primary N) is 1. The molecule has 0 saturated carbocycles. The highest BCUT2D eigenvalue weighted by Gasteiger charge is 2.41. The molecule has 162 valence electrons. The smallest absolute Gasteiger partial charge is 0.366 e. The maximum absolute atomic E-state index is 14.6. The Morgan fingerprint density at radius 1 is 0.967 bits per heavy atom. The number of rotatable bonds is 4. The monoisotopic (exact) mass is 493 g/mol. The van der Waals surface area contributed by atoms with Crippen molar-refractivity contribution < 1.29 is 35.5 Å². The largest absolute Gasteiger partial charge is 0.417 e. The zero-order chi connectivity index (χ0) is 23.0. The molecule has 0 aliphatic rings. The molecule has 0 aliphatic heterocycles. The number of carbonyl (C=O) groups excluding carboxylic acids is 1. The third-order valence-corrected chi connectivity index (χ3v) is 5.09. The van der Waals surface area contributed by atoms with Gasteiger partial charge < -0.3 is 5.73 Å². The number of halogens is 10. The SMILES string of the molecule is NC(=O)c1ccc(C(F)=CC(c2cc(Cl)c(Cl)c(Cl)c2)C(F)(F)F)cc1C(F)(F)F. The Bertz CT molecular complexity index is 993. The second kappa shape index (κ2) is 8.64. The van der Waals surface area contributed by atoms with E-state index in [9.17, 15) is 35.5 Å². The van der Waals surface area contributed by atoms with Gasteiger partial charge in [0.05, 0.1) is 26.2 Å². The summed E-state index contributed by atoms with van der Waals surface area (Å²) in [5.74, 6) is -5.66. The van der Waals surface area contributed by atoms with E-state index in [1.165, 1.54) is 0 Å². The Morgan fingerprint density at radius 2 is 1.50 bits per heavy atom. The molecule has 0 aliphatic carbocycles. The van der Waals surface area contributed by atoms with Crippen molar-refractivity contribution in [1.29, 1.82) is 0 Å². The van der Waals surface area contributed by atoms with Crippen LogP contribution in [0, 0.1) is 0 Å². The molecule has 12 heteroatoms. The van der Waals surface area contributed by atoms with Gasteiger partial charge in [0.25, 0.3) is 0 Å². The first-order valence-electron chi connectivity index (χ1n) is 7.72. The van der Waals surface area contributed by atoms with Gasteiger partial charge in [0.1, 0.15) is 11.7 Å². The lowest BCUT2D eigenvalue weighted by Crippen LogP contribution is -2.20. The predicted octanol–water partition coefficient (Wildman–Crippen LogP) is 7.42. The van der Waals surface area contributed by atoms with E-state index in [1.54, 1.807) is 0 Å². The van der Waals surface area contributed by atoms with Gasteiger partial charge in [-0.25, -0.2) is 4.39 Å². The first kappa shape index (κ1) is 24.3. The summed E-state index contributed by atoms with van der Waals surface area (Å²) >= 11 is 17.1. The van der Waals surface area contributed by atoms with Crippen LogP contribution >= 0.6 is 34.8 Å². The van der Waals surface area contributed by atoms with E-state index in [0.717, 1.165) is 12.1 Å². The Hall–Kier alpha value is -1.97. The fourth-order valence-electron chi connectivity index (χ4n) is 2.52. The van der Waals surface area contributed by atoms with E-state index in [1.807, 2.05) is 0 Å². The second-order valence-electron chi connectivity index (χ2n) is 5.95. The van der Waals surface area contributed by atoms with Crippen molar-refractivity contribution in [1.82, 2.24) is 0 Å². The standard InChI is InChI=1S/C18H9Cl3F7NO/c19-12-4-8(5-13(20)15(12)21)10(17(23,24)25)6-14(22)7-1-2-9(16(29)30)11(3-7)18(26,27)28/h1-6,10H,(H2,29,30). The molecular weight excluding hydrogens is 486 g/mol. The van der Waals surface area contributed by atoms with Gasteiger partial charge in [-0.1, -0.05) is 40.9 Å². The topological polar surface area (TPSA) is 43.1 Å². The lowest BCUT2D eigenvalue weighted by molar-refractivity contribution is -0.140. The van der Waals surface area contributed by atoms with Gasteiger partial charge >= 0.3 is 12.4 Å². The summed E-state index contributed by atoms with van der Waals surface area (Å²) in [5, 5.41) is -0.871. The average Bonchev–Trinajstić information content (AvgIpc) is 2.61. The molecule has 0 fully saturated rings. The molecule has 1 unspecified atom stereocenters. The molecule has 1 amide bonds. The Kier molecular flexibility index (Phi) is 7.00. The summed E-state index contributed by atoms with van der Waals surface area (Å²) < 4.78 is 94.5. The molecular formula is C18H9Cl3F7NO. The van der Waals surface area contributed by atoms with Crippen LogP contribution < -0.4 is 5.73 Å². The van der Waals surface area contributed by atoms with Crippen LogP contribution in [0.25, 0.3) is 5.83 Å². The molecule has 0 radical (unpaired) electrons. The molecule has 30 heavy (non-hydrogen) atoms. The van der Waals surface area contributed by atoms with Crippen LogP contribution in [-0.2, 0) is 6.18 Å². The van der Waals surface area contributed by atoms with Crippen LogP contribution in [0.2, 0.25) is 15.1 Å². The Labute approximate surface area is 180 Å². The van der Waals surface area contributed by atoms with Crippen molar-refractivity contribution in [2.75, 3.05) is 0 Å². The van der Waals surface area contributed by atoms with Gasteiger partial charge in [-0.3, -0.25) is 4.79 Å². The molecule has 2 rings (SSSR count). The number of benzene rings is 2. The summed E-state index contributed by atoms with van der Waals surface area (Å²) in [6.45, 7) is 0. The molecule has 1 atom stereocenters. The molecule has 0 saturated heterocycles. The highest BCUT2D eigenvalue weighted by atomic mass is 35.5. The third kappa shape index (κ3) is 5.39. The van der Waals surface area contributed by atoms with Crippen molar-refractivity contribution >= 4 is 46.5 Å². The fourth-order valence-corrected chi connectivity index (χ4v) is 3.13. The number of primary amides is 1. The molecule has 2 nitrogen and oxygen atoms in total. The first-order chi connectivity index (χ1) is 13.6. The predicted molar refractivity (Wildman–Crippen MR) is 99.3 cm³/mol. The summed E-state index contributed by atoms with van der Waals surface area (Å²) in [4.78, 5) is 11.2. The van der Waals surface area contributed by atoms with Crippen LogP contribution in [0.4, 0.5) is 30.7 Å². The Morgan fingerprint density at radius 3 is 1.93 bits per heavy atom. The number of hydrogen-bond acceptors (Lipinski definition) is 1. The zero-order valence-corrected chi connectivity index (χ0v) is 16.6. The quantitative estimate of drug-likeness (QED) is 0.349. The number of hydrogen-bond donors (Lipinski definition) is 1. The molecule has 0 heterocycles. The van der Waals surface area contributed by atoms with Crippen molar-refractivity contribution in [3.63, 3.8) is 0 Å². The van der Waals surface area contributed by atoms with Crippen molar-refractivity contribution in [3.05, 3.63) is 73.7 Å². The number of amides is 1. The molecule has 2 aromatic rings. The van der Waals surface area contributed by atoms with Crippen LogP contribution in [0.1, 0.15) is 33.0 Å². The summed E-state index contributed by atoms with van der Waals surface area (Å²) in [7, 11) is 0. The minimum Gasteiger partial charge on any atom is -0.366 e. The lowest BCUT2D eigenvalue weighted by Gasteiger charge is -2.19. The van der Waals surface area contributed by atoms with E-state index in [0.29, 0.717) is 12.1 Å². The van der Waals surface area contributed by atoms with Gasteiger partial charge in [-0.2, -0.15) is 26.3 Å². The highest BCUT2D eigenvalue weighted by molar-refractivity contribution is 6.48. The highest BCUT2D eigenvalue weighted by Crippen LogP contribution is 2.42. The molecule has 0 aromatic heterocycles. The maximum atomic E-state index is 14.6. The Balaban J connectivity index is 2.62. The third-order valence-electron chi connectivity index (χ3n) is 3.90. The van der Waals surface area contributed by atoms with Crippen molar-refractivity contribution in [2.45, 2.75) is 18.3 Å². The van der Waals surface area contributed by atoms with E-state index < -0.39 is 52.3 Å². The molecule has 0 bridgehead atoms. The van der Waals surface area contributed by atoms with Gasteiger partial charge in [0.15, 0.2) is 0 Å². The molecule has 2 N–H and O–H groups in total. The van der Waals surface area contributed by atoms with Crippen molar-refractivity contribution in [2.24, 2.45) is 5.73 Å². The number of carbonyl (C=O) groups is 1. The lowest BCUT2D eigenvalue weighted by atomic mass is 9.95. The minimum absolute atomic E-state index is 0.0648. The normalized spacial score (nSPS) is 14.0. The summed E-state index contributed by atoms with van der Waals surface area (Å²) in [5.41, 5.74) is 0.896. The van der Waals surface area contributed by atoms with Crippen LogP contribution in [0.5, 0.6) is 0 Å². The van der Waals surface area contributed by atoms with E-state index in [-0.39, 0.29) is 27.2 Å². The van der Waals surface area contributed by atoms with E-state index >= 15 is 0 Å². The van der Waals surface area contributed by atoms with Crippen LogP contribution in [-0.4, -0.2) is 12.1 Å². The van der Waals surface area contributed by atoms with Gasteiger partial charge in [0, 0.05) is 5.56 Å². The van der Waals surface area contributed by atoms with Crippen LogP contribution in [0.3, 0.4) is 0 Å². The van der Waals surface area contributed by atoms with Crippen molar-refractivity contribution in [3.8, 4) is 0 Å². The first-order valence-corrected chi connectivity index (χ1v) is 8.86. The second-order valence-corrected chi connectivity index (χ2v) is 7.15. The summed E-state index contributed by atoms with van der Waals surface area (Å²) in [6.07, 6.45) is -10.1. The number of allylic oxidation sites excluding steroid dienone is 1. The summed E-state index contributed by atoms with van der Waals surface area (Å²) in [6, 6.07) is 3.11. The average molecular weight is 495 g/mol. The van der Waals surface area contributed by atoms with Gasteiger partial charge in [-0.15, -0.1) is 0 Å². The van der Waals surface area contributed by atoms with Gasteiger partial charge in [0.2, 0.25) is 5.91 Å². The van der Waals surface area contributed by atoms with Gasteiger partial charge in [-0.05, 0) is 35.9 Å². The van der Waals surface area contributed by atoms with Crippen LogP contribution in [0.15, 0.2) is 36.4 Å². The minimum atomic E-state index is -5.10. The van der Waals surface area contributed by atoms with E-state index in [2.05, 4.69) is 0 Å².